The zero-order valence-corrected chi connectivity index (χ0v) is 23.7. The van der Waals surface area contributed by atoms with Gasteiger partial charge in [-0.15, -0.1) is 0 Å². The fraction of sp³-hybridized carbons (Fsp3) is 0.419. The van der Waals surface area contributed by atoms with Crippen molar-refractivity contribution < 1.29 is 33.3 Å². The van der Waals surface area contributed by atoms with Gasteiger partial charge >= 0.3 is 5.97 Å². The fourth-order valence-electron chi connectivity index (χ4n) is 5.34. The van der Waals surface area contributed by atoms with Crippen LogP contribution in [-0.4, -0.2) is 46.8 Å². The van der Waals surface area contributed by atoms with Crippen molar-refractivity contribution in [3.05, 3.63) is 70.1 Å². The number of hydrogen-bond donors (Lipinski definition) is 1. The topological polar surface area (TPSA) is 92.3 Å². The number of Topliss-reactive ketones (excluding diaryl/α,β-unsaturated/α-hetero) is 1. The highest BCUT2D eigenvalue weighted by atomic mass is 16.5. The molecule has 0 radical (unpaired) electrons. The molecule has 1 heterocycles. The Labute approximate surface area is 229 Å². The molecule has 8 heteroatoms. The molecule has 1 aliphatic heterocycles. The van der Waals surface area contributed by atoms with E-state index in [0.29, 0.717) is 52.5 Å². The Balaban J connectivity index is 1.83. The summed E-state index contributed by atoms with van der Waals surface area (Å²) in [4.78, 5) is 27.4. The van der Waals surface area contributed by atoms with Gasteiger partial charge in [-0.2, -0.15) is 0 Å². The van der Waals surface area contributed by atoms with Crippen LogP contribution in [0.1, 0.15) is 56.6 Å². The van der Waals surface area contributed by atoms with E-state index < -0.39 is 11.9 Å². The van der Waals surface area contributed by atoms with Crippen LogP contribution >= 0.6 is 0 Å². The Morgan fingerprint density at radius 2 is 1.56 bits per heavy atom. The number of esters is 1. The molecule has 1 N–H and O–H groups in total. The van der Waals surface area contributed by atoms with E-state index >= 15 is 0 Å². The number of carbonyl (C=O) groups is 2. The lowest BCUT2D eigenvalue weighted by Gasteiger charge is -2.37. The maximum Gasteiger partial charge on any atom is 0.336 e. The molecule has 1 aliphatic carbocycles. The van der Waals surface area contributed by atoms with Crippen LogP contribution in [0.3, 0.4) is 0 Å². The van der Waals surface area contributed by atoms with Crippen molar-refractivity contribution in [1.82, 2.24) is 5.32 Å². The van der Waals surface area contributed by atoms with Crippen LogP contribution < -0.4 is 24.3 Å². The molecular weight excluding hydrogens is 498 g/mol. The van der Waals surface area contributed by atoms with Gasteiger partial charge < -0.3 is 29.0 Å². The highest BCUT2D eigenvalue weighted by molar-refractivity contribution is 6.04. The van der Waals surface area contributed by atoms with Crippen LogP contribution in [0.4, 0.5) is 0 Å². The Hall–Kier alpha value is -3.94. The first kappa shape index (κ1) is 28.1. The third-order valence-corrected chi connectivity index (χ3v) is 7.20. The number of hydrogen-bond acceptors (Lipinski definition) is 8. The van der Waals surface area contributed by atoms with E-state index in [-0.39, 0.29) is 24.2 Å². The van der Waals surface area contributed by atoms with E-state index in [1.807, 2.05) is 45.0 Å². The van der Waals surface area contributed by atoms with Gasteiger partial charge in [-0.3, -0.25) is 4.79 Å². The summed E-state index contributed by atoms with van der Waals surface area (Å²) in [6.07, 6.45) is 0.946. The lowest BCUT2D eigenvalue weighted by atomic mass is 9.71. The largest absolute Gasteiger partial charge is 0.497 e. The van der Waals surface area contributed by atoms with Crippen molar-refractivity contribution in [2.45, 2.75) is 45.4 Å². The van der Waals surface area contributed by atoms with Gasteiger partial charge in [-0.05, 0) is 60.6 Å². The summed E-state index contributed by atoms with van der Waals surface area (Å²) < 4.78 is 27.7. The highest BCUT2D eigenvalue weighted by Crippen LogP contribution is 2.49. The summed E-state index contributed by atoms with van der Waals surface area (Å²) in [6, 6.07) is 11.4. The third-order valence-electron chi connectivity index (χ3n) is 7.20. The lowest BCUT2D eigenvalue weighted by molar-refractivity contribution is -0.140. The number of ether oxygens (including phenoxy) is 5. The monoisotopic (exact) mass is 535 g/mol. The maximum absolute atomic E-state index is 13.9. The second-order valence-electron chi connectivity index (χ2n) is 10.2. The van der Waals surface area contributed by atoms with Gasteiger partial charge in [0.25, 0.3) is 0 Å². The normalized spacial score (nSPS) is 18.9. The van der Waals surface area contributed by atoms with Gasteiger partial charge in [-0.25, -0.2) is 4.79 Å². The molecule has 2 aliphatic rings. The number of carbonyl (C=O) groups excluding carboxylic acids is 2. The molecule has 0 aromatic heterocycles. The van der Waals surface area contributed by atoms with Crippen LogP contribution in [0.5, 0.6) is 23.0 Å². The van der Waals surface area contributed by atoms with Gasteiger partial charge in [0.05, 0.1) is 40.6 Å². The second-order valence-corrected chi connectivity index (χ2v) is 10.2. The predicted molar refractivity (Wildman–Crippen MR) is 147 cm³/mol. The molecule has 0 spiro atoms. The molecule has 8 nitrogen and oxygen atoms in total. The van der Waals surface area contributed by atoms with Gasteiger partial charge in [0.1, 0.15) is 5.75 Å². The average molecular weight is 536 g/mol. The number of ketones is 1. The van der Waals surface area contributed by atoms with Crippen LogP contribution in [-0.2, 0) is 14.3 Å². The number of allylic oxidation sites excluding steroid dienone is 3. The van der Waals surface area contributed by atoms with Crippen molar-refractivity contribution in [2.75, 3.05) is 35.0 Å². The van der Waals surface area contributed by atoms with E-state index in [1.54, 1.807) is 19.2 Å². The molecule has 39 heavy (non-hydrogen) atoms. The molecule has 2 unspecified atom stereocenters. The summed E-state index contributed by atoms with van der Waals surface area (Å²) >= 11 is 0. The van der Waals surface area contributed by atoms with E-state index in [4.69, 9.17) is 23.7 Å². The first-order valence-corrected chi connectivity index (χ1v) is 13.1. The Bertz CT molecular complexity index is 1280. The molecule has 0 fully saturated rings. The van der Waals surface area contributed by atoms with Gasteiger partial charge in [0.2, 0.25) is 5.75 Å². The van der Waals surface area contributed by atoms with E-state index in [2.05, 4.69) is 5.32 Å². The molecule has 0 bridgehead atoms. The number of methoxy groups -OCH3 is 4. The van der Waals surface area contributed by atoms with E-state index in [1.165, 1.54) is 21.3 Å². The molecule has 0 saturated heterocycles. The first-order chi connectivity index (χ1) is 18.7. The van der Waals surface area contributed by atoms with Crippen molar-refractivity contribution >= 4 is 11.8 Å². The summed E-state index contributed by atoms with van der Waals surface area (Å²) in [6.45, 7) is 6.09. The number of dihydropyridines is 1. The van der Waals surface area contributed by atoms with Gasteiger partial charge in [0.15, 0.2) is 17.3 Å². The van der Waals surface area contributed by atoms with Crippen molar-refractivity contribution in [2.24, 2.45) is 5.92 Å². The van der Waals surface area contributed by atoms with Gasteiger partial charge in [0, 0.05) is 29.3 Å². The average Bonchev–Trinajstić information content (AvgIpc) is 2.94. The highest BCUT2D eigenvalue weighted by Gasteiger charge is 2.42. The van der Waals surface area contributed by atoms with Crippen molar-refractivity contribution in [3.63, 3.8) is 0 Å². The summed E-state index contributed by atoms with van der Waals surface area (Å²) in [7, 11) is 6.24. The van der Waals surface area contributed by atoms with Crippen LogP contribution in [0, 0.1) is 5.92 Å². The standard InChI is InChI=1S/C31H37NO7/c1-17(2)16-39-31(34)27-18(3)32-23-12-20(19-8-10-22(35-4)11-9-19)13-24(33)29(23)28(27)21-14-25(36-5)30(38-7)26(15-21)37-6/h8-11,14-15,17,20,28,32H,12-13,16H2,1-7H3. The molecule has 4 rings (SSSR count). The maximum atomic E-state index is 13.9. The van der Waals surface area contributed by atoms with Crippen molar-refractivity contribution in [1.29, 1.82) is 0 Å². The molecule has 2 aromatic rings. The molecule has 2 atom stereocenters. The zero-order valence-electron chi connectivity index (χ0n) is 23.7. The Morgan fingerprint density at radius 3 is 2.10 bits per heavy atom. The Kier molecular flexibility index (Phi) is 8.53. The van der Waals surface area contributed by atoms with Crippen LogP contribution in [0.15, 0.2) is 58.9 Å². The van der Waals surface area contributed by atoms with E-state index in [9.17, 15) is 9.59 Å². The SMILES string of the molecule is COc1ccc(C2CC(=O)C3=C(C2)NC(C)=C(C(=O)OCC(C)C)C3c2cc(OC)c(OC)c(OC)c2)cc1. The first-order valence-electron chi connectivity index (χ1n) is 13.1. The zero-order chi connectivity index (χ0) is 28.3. The minimum atomic E-state index is -0.654. The summed E-state index contributed by atoms with van der Waals surface area (Å²) in [5.74, 6) is 1.13. The second kappa shape index (κ2) is 11.8. The quantitative estimate of drug-likeness (QED) is 0.434. The minimum absolute atomic E-state index is 0.00233. The van der Waals surface area contributed by atoms with Crippen molar-refractivity contribution in [3.8, 4) is 23.0 Å². The molecular formula is C31H37NO7. The summed E-state index contributed by atoms with van der Waals surface area (Å²) in [5, 5.41) is 3.39. The summed E-state index contributed by atoms with van der Waals surface area (Å²) in [5.41, 5.74) is 4.18. The fourth-order valence-corrected chi connectivity index (χ4v) is 5.34. The van der Waals surface area contributed by atoms with Crippen LogP contribution in [0.25, 0.3) is 0 Å². The smallest absolute Gasteiger partial charge is 0.336 e. The van der Waals surface area contributed by atoms with Crippen LogP contribution in [0.2, 0.25) is 0 Å². The van der Waals surface area contributed by atoms with Gasteiger partial charge in [-0.1, -0.05) is 26.0 Å². The number of benzene rings is 2. The lowest BCUT2D eigenvalue weighted by Crippen LogP contribution is -2.36. The molecule has 0 amide bonds. The molecule has 2 aromatic carbocycles. The number of rotatable bonds is 9. The third kappa shape index (κ3) is 5.60. The molecule has 0 saturated carbocycles. The molecule has 208 valence electrons. The van der Waals surface area contributed by atoms with E-state index in [0.717, 1.165) is 17.0 Å². The number of nitrogens with one attached hydrogen (secondary N) is 1. The predicted octanol–water partition coefficient (Wildman–Crippen LogP) is 5.28. The Morgan fingerprint density at radius 1 is 0.923 bits per heavy atom. The minimum Gasteiger partial charge on any atom is -0.497 e.